The van der Waals surface area contributed by atoms with Crippen LogP contribution in [0.5, 0.6) is 5.75 Å². The number of aryl methyl sites for hydroxylation is 1. The number of carbonyl (C=O) groups excluding carboxylic acids is 1. The number of sulfonamides is 1. The Labute approximate surface area is 147 Å². The fourth-order valence-corrected chi connectivity index (χ4v) is 4.90. The number of hydrogen-bond acceptors (Lipinski definition) is 5. The van der Waals surface area contributed by atoms with E-state index in [2.05, 4.69) is 5.10 Å². The van der Waals surface area contributed by atoms with Crippen LogP contribution in [0.25, 0.3) is 0 Å². The van der Waals surface area contributed by atoms with E-state index in [1.165, 1.54) is 4.31 Å². The zero-order chi connectivity index (χ0) is 18.0. The molecule has 25 heavy (non-hydrogen) atoms. The molecule has 1 saturated heterocycles. The average molecular weight is 363 g/mol. The van der Waals surface area contributed by atoms with Crippen molar-refractivity contribution in [3.8, 4) is 5.75 Å². The van der Waals surface area contributed by atoms with Crippen molar-refractivity contribution in [3.05, 3.63) is 41.7 Å². The highest BCUT2D eigenvalue weighted by Gasteiger charge is 2.33. The van der Waals surface area contributed by atoms with Crippen LogP contribution in [0.4, 0.5) is 0 Å². The van der Waals surface area contributed by atoms with Crippen molar-refractivity contribution in [3.63, 3.8) is 0 Å². The van der Waals surface area contributed by atoms with Crippen LogP contribution in [0, 0.1) is 13.8 Å². The number of benzene rings is 1. The first-order valence-corrected chi connectivity index (χ1v) is 9.62. The van der Waals surface area contributed by atoms with Gasteiger partial charge in [-0.3, -0.25) is 4.79 Å². The lowest BCUT2D eigenvalue weighted by atomic mass is 10.3. The summed E-state index contributed by atoms with van der Waals surface area (Å²) in [6.45, 7) is 4.02. The van der Waals surface area contributed by atoms with Gasteiger partial charge in [-0.15, -0.1) is 0 Å². The Hall–Kier alpha value is -2.19. The van der Waals surface area contributed by atoms with Crippen LogP contribution in [0.2, 0.25) is 0 Å². The van der Waals surface area contributed by atoms with Gasteiger partial charge in [0, 0.05) is 13.1 Å². The van der Waals surface area contributed by atoms with Crippen LogP contribution in [0.3, 0.4) is 0 Å². The van der Waals surface area contributed by atoms with E-state index in [9.17, 15) is 13.2 Å². The van der Waals surface area contributed by atoms with Gasteiger partial charge >= 0.3 is 0 Å². The quantitative estimate of drug-likeness (QED) is 0.812. The predicted octanol–water partition coefficient (Wildman–Crippen LogP) is 2.00. The third-order valence-corrected chi connectivity index (χ3v) is 6.38. The summed E-state index contributed by atoms with van der Waals surface area (Å²) in [6, 6.07) is 8.97. The van der Waals surface area contributed by atoms with Crippen LogP contribution in [0.1, 0.15) is 29.0 Å². The van der Waals surface area contributed by atoms with E-state index in [0.29, 0.717) is 30.2 Å². The third-order valence-electron chi connectivity index (χ3n) is 4.23. The summed E-state index contributed by atoms with van der Waals surface area (Å²) in [6.07, 6.45) is 1.71. The predicted molar refractivity (Wildman–Crippen MR) is 92.3 cm³/mol. The standard InChI is InChI=1S/C17H21N3O4S/c1-13-17(25(22,23)19-10-6-7-11-19)14(2)20(18-13)16(21)12-24-15-8-4-3-5-9-15/h3-5,8-9H,6-7,10-12H2,1-2H3. The van der Waals surface area contributed by atoms with Crippen molar-refractivity contribution in [1.82, 2.24) is 14.1 Å². The highest BCUT2D eigenvalue weighted by molar-refractivity contribution is 7.89. The minimum atomic E-state index is -3.62. The fraction of sp³-hybridized carbons (Fsp3) is 0.412. The van der Waals surface area contributed by atoms with Gasteiger partial charge < -0.3 is 4.74 Å². The molecule has 1 aliphatic rings. The molecule has 0 spiro atoms. The van der Waals surface area contributed by atoms with Gasteiger partial charge in [-0.25, -0.2) is 13.1 Å². The summed E-state index contributed by atoms with van der Waals surface area (Å²) in [5, 5.41) is 4.14. The van der Waals surface area contributed by atoms with Crippen LogP contribution in [-0.2, 0) is 10.0 Å². The van der Waals surface area contributed by atoms with E-state index in [1.807, 2.05) is 18.2 Å². The molecule has 1 fully saturated rings. The van der Waals surface area contributed by atoms with Gasteiger partial charge in [0.05, 0.1) is 11.4 Å². The summed E-state index contributed by atoms with van der Waals surface area (Å²) in [5.41, 5.74) is 0.656. The van der Waals surface area contributed by atoms with Gasteiger partial charge in [0.15, 0.2) is 6.61 Å². The second kappa shape index (κ2) is 6.97. The molecule has 0 N–H and O–H groups in total. The maximum atomic E-state index is 12.8. The van der Waals surface area contributed by atoms with Crippen molar-refractivity contribution in [1.29, 1.82) is 0 Å². The van der Waals surface area contributed by atoms with E-state index >= 15 is 0 Å². The second-order valence-electron chi connectivity index (χ2n) is 6.02. The zero-order valence-electron chi connectivity index (χ0n) is 14.3. The minimum absolute atomic E-state index is 0.127. The first-order valence-electron chi connectivity index (χ1n) is 8.18. The average Bonchev–Trinajstić information content (AvgIpc) is 3.22. The monoisotopic (exact) mass is 363 g/mol. The molecule has 0 bridgehead atoms. The third kappa shape index (κ3) is 3.45. The van der Waals surface area contributed by atoms with Crippen molar-refractivity contribution in [2.45, 2.75) is 31.6 Å². The molecule has 134 valence electrons. The van der Waals surface area contributed by atoms with E-state index in [1.54, 1.807) is 26.0 Å². The molecule has 8 heteroatoms. The molecule has 0 unspecified atom stereocenters. The lowest BCUT2D eigenvalue weighted by molar-refractivity contribution is 0.0818. The molecule has 0 amide bonds. The second-order valence-corrected chi connectivity index (χ2v) is 7.89. The van der Waals surface area contributed by atoms with Gasteiger partial charge in [0.2, 0.25) is 10.0 Å². The number of aromatic nitrogens is 2. The van der Waals surface area contributed by atoms with Crippen LogP contribution < -0.4 is 4.74 Å². The van der Waals surface area contributed by atoms with Crippen LogP contribution >= 0.6 is 0 Å². The number of nitrogens with zero attached hydrogens (tertiary/aromatic N) is 3. The topological polar surface area (TPSA) is 81.5 Å². The SMILES string of the molecule is Cc1nn(C(=O)COc2ccccc2)c(C)c1S(=O)(=O)N1CCCC1. The zero-order valence-corrected chi connectivity index (χ0v) is 15.1. The van der Waals surface area contributed by atoms with Gasteiger partial charge in [-0.05, 0) is 38.8 Å². The Morgan fingerprint density at radius 3 is 2.44 bits per heavy atom. The summed E-state index contributed by atoms with van der Waals surface area (Å²) in [7, 11) is -3.62. The molecule has 0 saturated carbocycles. The molecule has 1 aliphatic heterocycles. The molecule has 2 heterocycles. The molecule has 2 aromatic rings. The normalized spacial score (nSPS) is 15.4. The summed E-state index contributed by atoms with van der Waals surface area (Å²) in [5.74, 6) is 0.162. The van der Waals surface area contributed by atoms with E-state index in [4.69, 9.17) is 4.74 Å². The molecule has 0 atom stereocenters. The van der Waals surface area contributed by atoms with Crippen molar-refractivity contribution >= 4 is 15.9 Å². The Kier molecular flexibility index (Phi) is 4.91. The molecule has 7 nitrogen and oxygen atoms in total. The van der Waals surface area contributed by atoms with Crippen molar-refractivity contribution < 1.29 is 17.9 Å². The summed E-state index contributed by atoms with van der Waals surface area (Å²) < 4.78 is 33.7. The lowest BCUT2D eigenvalue weighted by Gasteiger charge is -2.15. The Morgan fingerprint density at radius 1 is 1.16 bits per heavy atom. The van der Waals surface area contributed by atoms with Gasteiger partial charge in [0.25, 0.3) is 5.91 Å². The number of rotatable bonds is 5. The molecular weight excluding hydrogens is 342 g/mol. The highest BCUT2D eigenvalue weighted by atomic mass is 32.2. The summed E-state index contributed by atoms with van der Waals surface area (Å²) >= 11 is 0. The minimum Gasteiger partial charge on any atom is -0.484 e. The lowest BCUT2D eigenvalue weighted by Crippen LogP contribution is -2.29. The van der Waals surface area contributed by atoms with Crippen LogP contribution in [-0.4, -0.2) is 48.1 Å². The smallest absolute Gasteiger partial charge is 0.285 e. The van der Waals surface area contributed by atoms with Crippen molar-refractivity contribution in [2.75, 3.05) is 19.7 Å². The molecule has 0 radical (unpaired) electrons. The molecule has 1 aromatic heterocycles. The Balaban J connectivity index is 1.83. The van der Waals surface area contributed by atoms with E-state index in [-0.39, 0.29) is 11.5 Å². The molecule has 1 aromatic carbocycles. The maximum Gasteiger partial charge on any atom is 0.285 e. The maximum absolute atomic E-state index is 12.8. The number of para-hydroxylation sites is 1. The fourth-order valence-electron chi connectivity index (χ4n) is 3.03. The molecular formula is C17H21N3O4S. The Bertz CT molecular complexity index is 869. The van der Waals surface area contributed by atoms with Crippen molar-refractivity contribution in [2.24, 2.45) is 0 Å². The molecule has 3 rings (SSSR count). The molecule has 0 aliphatic carbocycles. The Morgan fingerprint density at radius 2 is 1.80 bits per heavy atom. The number of ether oxygens (including phenoxy) is 1. The van der Waals surface area contributed by atoms with Gasteiger partial charge in [-0.1, -0.05) is 18.2 Å². The first-order chi connectivity index (χ1) is 11.9. The van der Waals surface area contributed by atoms with Crippen LogP contribution in [0.15, 0.2) is 35.2 Å². The van der Waals surface area contributed by atoms with E-state index in [0.717, 1.165) is 17.5 Å². The van der Waals surface area contributed by atoms with Gasteiger partial charge in [0.1, 0.15) is 10.6 Å². The van der Waals surface area contributed by atoms with Gasteiger partial charge in [-0.2, -0.15) is 9.40 Å². The highest BCUT2D eigenvalue weighted by Crippen LogP contribution is 2.26. The van der Waals surface area contributed by atoms with E-state index < -0.39 is 15.9 Å². The number of carbonyl (C=O) groups is 1. The summed E-state index contributed by atoms with van der Waals surface area (Å²) in [4.78, 5) is 12.5. The first kappa shape index (κ1) is 17.6. The largest absolute Gasteiger partial charge is 0.484 e. The number of hydrogen-bond donors (Lipinski definition) is 0.